The van der Waals surface area contributed by atoms with Crippen molar-refractivity contribution in [3.05, 3.63) is 77.9 Å². The van der Waals surface area contributed by atoms with Crippen LogP contribution >= 0.6 is 0 Å². The largest absolute Gasteiger partial charge is 0.491 e. The van der Waals surface area contributed by atoms with Crippen molar-refractivity contribution in [2.24, 2.45) is 0 Å². The topological polar surface area (TPSA) is 38.5 Å². The normalized spacial score (nSPS) is 11.3. The summed E-state index contributed by atoms with van der Waals surface area (Å²) in [4.78, 5) is 6.61. The fourth-order valence-electron chi connectivity index (χ4n) is 3.09. The van der Waals surface area contributed by atoms with Crippen molar-refractivity contribution in [3.63, 3.8) is 0 Å². The number of oxazole rings is 1. The Hall–Kier alpha value is -3.60. The van der Waals surface area contributed by atoms with Crippen molar-refractivity contribution in [1.82, 2.24) is 4.98 Å². The van der Waals surface area contributed by atoms with Crippen LogP contribution in [0.5, 0.6) is 5.75 Å². The smallest absolute Gasteiger partial charge is 0.227 e. The molecule has 0 aliphatic carbocycles. The van der Waals surface area contributed by atoms with Crippen molar-refractivity contribution < 1.29 is 13.5 Å². The van der Waals surface area contributed by atoms with Crippen molar-refractivity contribution in [2.45, 2.75) is 0 Å². The lowest BCUT2D eigenvalue weighted by atomic mass is 10.1. The number of nitrogens with zero attached hydrogens (tertiary/aromatic N) is 2. The first-order valence-corrected chi connectivity index (χ1v) is 9.78. The molecule has 4 nitrogen and oxygen atoms in total. The van der Waals surface area contributed by atoms with Gasteiger partial charge in [0, 0.05) is 31.4 Å². The van der Waals surface area contributed by atoms with Crippen LogP contribution < -0.4 is 9.64 Å². The zero-order valence-corrected chi connectivity index (χ0v) is 17.0. The number of hydrogen-bond acceptors (Lipinski definition) is 4. The van der Waals surface area contributed by atoms with Gasteiger partial charge in [0.25, 0.3) is 0 Å². The molecule has 0 atom stereocenters. The molecular formula is C25H23FN2O2. The van der Waals surface area contributed by atoms with Gasteiger partial charge in [-0.2, -0.15) is 0 Å². The molecule has 5 heteroatoms. The number of halogens is 1. The fourth-order valence-corrected chi connectivity index (χ4v) is 3.09. The van der Waals surface area contributed by atoms with E-state index in [4.69, 9.17) is 9.15 Å². The van der Waals surface area contributed by atoms with Crippen molar-refractivity contribution in [1.29, 1.82) is 0 Å². The summed E-state index contributed by atoms with van der Waals surface area (Å²) in [6, 6.07) is 21.7. The highest BCUT2D eigenvalue weighted by molar-refractivity contribution is 5.78. The molecule has 0 aliphatic rings. The SMILES string of the molecule is CN(C)c1ccc(/C=C/c2ccc(-c3nc4cc(OCCF)ccc4o3)cc2)cc1. The molecule has 0 aliphatic heterocycles. The van der Waals surface area contributed by atoms with E-state index < -0.39 is 6.67 Å². The van der Waals surface area contributed by atoms with Crippen molar-refractivity contribution in [2.75, 3.05) is 32.3 Å². The summed E-state index contributed by atoms with van der Waals surface area (Å²) in [5.41, 5.74) is 5.66. The highest BCUT2D eigenvalue weighted by Gasteiger charge is 2.09. The molecule has 4 aromatic rings. The van der Waals surface area contributed by atoms with E-state index in [0.29, 0.717) is 22.7 Å². The molecule has 3 aromatic carbocycles. The van der Waals surface area contributed by atoms with Gasteiger partial charge in [0.15, 0.2) is 5.58 Å². The first-order valence-electron chi connectivity index (χ1n) is 9.78. The molecule has 0 fully saturated rings. The predicted octanol–water partition coefficient (Wildman–Crippen LogP) is 6.08. The molecule has 0 spiro atoms. The number of ether oxygens (including phenoxy) is 1. The number of hydrogen-bond donors (Lipinski definition) is 0. The third-order valence-corrected chi connectivity index (χ3v) is 4.74. The summed E-state index contributed by atoms with van der Waals surface area (Å²) in [5.74, 6) is 1.13. The average molecular weight is 402 g/mol. The Morgan fingerprint density at radius 3 is 2.23 bits per heavy atom. The number of benzene rings is 3. The zero-order chi connectivity index (χ0) is 20.9. The van der Waals surface area contributed by atoms with Crippen LogP contribution in [0.3, 0.4) is 0 Å². The van der Waals surface area contributed by atoms with E-state index in [1.165, 1.54) is 5.69 Å². The van der Waals surface area contributed by atoms with E-state index in [0.717, 1.165) is 16.7 Å². The molecular weight excluding hydrogens is 379 g/mol. The predicted molar refractivity (Wildman–Crippen MR) is 121 cm³/mol. The minimum atomic E-state index is -0.524. The van der Waals surface area contributed by atoms with Crippen molar-refractivity contribution >= 4 is 28.9 Å². The third-order valence-electron chi connectivity index (χ3n) is 4.74. The Balaban J connectivity index is 1.48. The maximum atomic E-state index is 12.3. The van der Waals surface area contributed by atoms with E-state index >= 15 is 0 Å². The second-order valence-corrected chi connectivity index (χ2v) is 7.13. The molecule has 152 valence electrons. The van der Waals surface area contributed by atoms with Gasteiger partial charge in [-0.05, 0) is 47.5 Å². The number of anilines is 1. The van der Waals surface area contributed by atoms with Gasteiger partial charge in [-0.3, -0.25) is 0 Å². The molecule has 0 saturated carbocycles. The quantitative estimate of drug-likeness (QED) is 0.351. The van der Waals surface area contributed by atoms with E-state index in [1.54, 1.807) is 18.2 Å². The van der Waals surface area contributed by atoms with Gasteiger partial charge in [-0.25, -0.2) is 9.37 Å². The van der Waals surface area contributed by atoms with Crippen molar-refractivity contribution in [3.8, 4) is 17.2 Å². The molecule has 30 heavy (non-hydrogen) atoms. The maximum Gasteiger partial charge on any atom is 0.227 e. The third kappa shape index (κ3) is 4.51. The van der Waals surface area contributed by atoms with Crippen LogP contribution in [-0.2, 0) is 0 Å². The molecule has 0 bridgehead atoms. The molecule has 0 radical (unpaired) electrons. The summed E-state index contributed by atoms with van der Waals surface area (Å²) in [6.07, 6.45) is 4.17. The molecule has 0 N–H and O–H groups in total. The summed E-state index contributed by atoms with van der Waals surface area (Å²) in [5, 5.41) is 0. The fraction of sp³-hybridized carbons (Fsp3) is 0.160. The molecule has 1 heterocycles. The number of rotatable bonds is 7. The van der Waals surface area contributed by atoms with Crippen LogP contribution in [-0.4, -0.2) is 32.4 Å². The van der Waals surface area contributed by atoms with Crippen LogP contribution in [0.2, 0.25) is 0 Å². The minimum absolute atomic E-state index is 0.0327. The van der Waals surface area contributed by atoms with Crippen LogP contribution in [0.15, 0.2) is 71.1 Å². The van der Waals surface area contributed by atoms with Crippen LogP contribution in [0.1, 0.15) is 11.1 Å². The Morgan fingerprint density at radius 1 is 0.933 bits per heavy atom. The Kier molecular flexibility index (Phi) is 5.80. The van der Waals surface area contributed by atoms with Gasteiger partial charge in [-0.1, -0.05) is 36.4 Å². The molecule has 4 rings (SSSR count). The Labute approximate surface area is 175 Å². The lowest BCUT2D eigenvalue weighted by molar-refractivity contribution is 0.273. The summed E-state index contributed by atoms with van der Waals surface area (Å²) >= 11 is 0. The van der Waals surface area contributed by atoms with Gasteiger partial charge in [0.2, 0.25) is 5.89 Å². The number of aromatic nitrogens is 1. The second-order valence-electron chi connectivity index (χ2n) is 7.13. The Morgan fingerprint density at radius 2 is 1.60 bits per heavy atom. The van der Waals surface area contributed by atoms with Gasteiger partial charge >= 0.3 is 0 Å². The highest BCUT2D eigenvalue weighted by Crippen LogP contribution is 2.27. The monoisotopic (exact) mass is 402 g/mol. The molecule has 0 amide bonds. The van der Waals surface area contributed by atoms with Crippen LogP contribution in [0, 0.1) is 0 Å². The summed E-state index contributed by atoms with van der Waals surface area (Å²) in [7, 11) is 4.06. The minimum Gasteiger partial charge on any atom is -0.491 e. The highest BCUT2D eigenvalue weighted by atomic mass is 19.1. The van der Waals surface area contributed by atoms with Crippen LogP contribution in [0.25, 0.3) is 34.7 Å². The number of alkyl halides is 1. The zero-order valence-electron chi connectivity index (χ0n) is 17.0. The number of fused-ring (bicyclic) bond motifs is 1. The standard InChI is InChI=1S/C25H23FN2O2/c1-28(2)21-11-7-19(8-12-21)4-3-18-5-9-20(10-6-18)25-27-23-17-22(29-16-15-26)13-14-24(23)30-25/h3-14,17H,15-16H2,1-2H3/b4-3+. The van der Waals surface area contributed by atoms with Gasteiger partial charge in [-0.15, -0.1) is 0 Å². The molecule has 0 unspecified atom stereocenters. The van der Waals surface area contributed by atoms with Gasteiger partial charge < -0.3 is 14.1 Å². The Bertz CT molecular complexity index is 1150. The molecule has 1 aromatic heterocycles. The molecule has 0 saturated heterocycles. The van der Waals surface area contributed by atoms with Crippen LogP contribution in [0.4, 0.5) is 10.1 Å². The lowest BCUT2D eigenvalue weighted by Gasteiger charge is -2.11. The first kappa shape index (κ1) is 19.7. The van der Waals surface area contributed by atoms with E-state index in [1.807, 2.05) is 38.4 Å². The second kappa shape index (κ2) is 8.82. The van der Waals surface area contributed by atoms with E-state index in [2.05, 4.69) is 46.3 Å². The summed E-state index contributed by atoms with van der Waals surface area (Å²) < 4.78 is 23.4. The van der Waals surface area contributed by atoms with Gasteiger partial charge in [0.05, 0.1) is 0 Å². The average Bonchev–Trinajstić information content (AvgIpc) is 3.20. The first-order chi connectivity index (χ1) is 14.6. The maximum absolute atomic E-state index is 12.3. The van der Waals surface area contributed by atoms with Gasteiger partial charge in [0.1, 0.15) is 24.5 Å². The van der Waals surface area contributed by atoms with E-state index in [9.17, 15) is 4.39 Å². The summed E-state index contributed by atoms with van der Waals surface area (Å²) in [6.45, 7) is -0.491. The van der Waals surface area contributed by atoms with E-state index in [-0.39, 0.29) is 6.61 Å². The lowest BCUT2D eigenvalue weighted by Crippen LogP contribution is -2.07.